The molecule has 5 nitrogen and oxygen atoms in total. The van der Waals surface area contributed by atoms with Crippen LogP contribution in [-0.4, -0.2) is 31.3 Å². The number of sulfonamides is 1. The second-order valence-corrected chi connectivity index (χ2v) is 8.26. The Morgan fingerprint density at radius 3 is 2.16 bits per heavy atom. The van der Waals surface area contributed by atoms with E-state index in [0.29, 0.717) is 19.3 Å². The van der Waals surface area contributed by atoms with Gasteiger partial charge in [0.05, 0.1) is 11.7 Å². The Morgan fingerprint density at radius 2 is 1.74 bits per heavy atom. The lowest BCUT2D eigenvalue weighted by atomic mass is 10.0. The van der Waals surface area contributed by atoms with Gasteiger partial charge in [-0.3, -0.25) is 4.79 Å². The summed E-state index contributed by atoms with van der Waals surface area (Å²) in [6, 6.07) is -0.159. The molecular formula is C13H27NO4S. The van der Waals surface area contributed by atoms with Crippen LogP contribution in [0.5, 0.6) is 0 Å². The second-order valence-electron chi connectivity index (χ2n) is 6.51. The molecule has 19 heavy (non-hydrogen) atoms. The molecule has 0 aliphatic rings. The third kappa shape index (κ3) is 9.90. The van der Waals surface area contributed by atoms with Gasteiger partial charge in [0.15, 0.2) is 0 Å². The number of rotatable bonds is 8. The van der Waals surface area contributed by atoms with Crippen LogP contribution in [0.15, 0.2) is 0 Å². The van der Waals surface area contributed by atoms with Crippen molar-refractivity contribution < 1.29 is 18.3 Å². The van der Waals surface area contributed by atoms with Gasteiger partial charge >= 0.3 is 5.97 Å². The fourth-order valence-corrected chi connectivity index (χ4v) is 3.79. The Bertz CT molecular complexity index is 384. The Labute approximate surface area is 116 Å². The fraction of sp³-hybridized carbons (Fsp3) is 0.923. The lowest BCUT2D eigenvalue weighted by molar-refractivity contribution is -0.141. The van der Waals surface area contributed by atoms with Crippen molar-refractivity contribution >= 4 is 16.0 Å². The first-order chi connectivity index (χ1) is 8.43. The van der Waals surface area contributed by atoms with Crippen molar-refractivity contribution in [2.24, 2.45) is 11.3 Å². The number of carboxylic acids is 1. The monoisotopic (exact) mass is 293 g/mol. The number of carbonyl (C=O) groups is 1. The number of carboxylic acid groups (broad SMARTS) is 1. The van der Waals surface area contributed by atoms with Crippen LogP contribution in [0.25, 0.3) is 0 Å². The Kier molecular flexibility index (Phi) is 7.00. The van der Waals surface area contributed by atoms with E-state index in [1.165, 1.54) is 0 Å². The largest absolute Gasteiger partial charge is 0.481 e. The summed E-state index contributed by atoms with van der Waals surface area (Å²) >= 11 is 0. The van der Waals surface area contributed by atoms with Gasteiger partial charge in [-0.15, -0.1) is 0 Å². The number of hydrogen-bond donors (Lipinski definition) is 2. The molecule has 0 aromatic heterocycles. The molecule has 0 bridgehead atoms. The molecule has 2 unspecified atom stereocenters. The molecule has 0 radical (unpaired) electrons. The van der Waals surface area contributed by atoms with Gasteiger partial charge in [0.1, 0.15) is 0 Å². The van der Waals surface area contributed by atoms with Crippen LogP contribution in [0.2, 0.25) is 0 Å². The first kappa shape index (κ1) is 18.4. The molecule has 0 amide bonds. The number of hydrogen-bond acceptors (Lipinski definition) is 3. The smallest absolute Gasteiger partial charge is 0.306 e. The first-order valence-corrected chi connectivity index (χ1v) is 8.31. The second kappa shape index (κ2) is 7.24. The van der Waals surface area contributed by atoms with Gasteiger partial charge in [-0.25, -0.2) is 13.1 Å². The Balaban J connectivity index is 4.11. The molecule has 0 spiro atoms. The molecule has 0 saturated carbocycles. The molecule has 0 aromatic rings. The number of aliphatic carboxylic acids is 1. The van der Waals surface area contributed by atoms with Crippen LogP contribution < -0.4 is 4.72 Å². The molecule has 2 atom stereocenters. The zero-order valence-corrected chi connectivity index (χ0v) is 13.4. The van der Waals surface area contributed by atoms with E-state index in [9.17, 15) is 13.2 Å². The highest BCUT2D eigenvalue weighted by atomic mass is 32.2. The predicted molar refractivity (Wildman–Crippen MR) is 76.5 cm³/mol. The summed E-state index contributed by atoms with van der Waals surface area (Å²) < 4.78 is 26.4. The fourth-order valence-electron chi connectivity index (χ4n) is 1.83. The van der Waals surface area contributed by atoms with Crippen LogP contribution in [-0.2, 0) is 14.8 Å². The van der Waals surface area contributed by atoms with Crippen molar-refractivity contribution in [3.05, 3.63) is 0 Å². The van der Waals surface area contributed by atoms with E-state index in [0.717, 1.165) is 0 Å². The quantitative estimate of drug-likeness (QED) is 0.719. The highest BCUT2D eigenvalue weighted by Crippen LogP contribution is 2.16. The molecule has 6 heteroatoms. The maximum Gasteiger partial charge on any atom is 0.306 e. The van der Waals surface area contributed by atoms with Crippen molar-refractivity contribution in [2.75, 3.05) is 5.75 Å². The number of nitrogens with one attached hydrogen (secondary N) is 1. The van der Waals surface area contributed by atoms with Gasteiger partial charge in [-0.2, -0.15) is 0 Å². The van der Waals surface area contributed by atoms with E-state index < -0.39 is 16.0 Å². The van der Waals surface area contributed by atoms with E-state index in [2.05, 4.69) is 4.72 Å². The topological polar surface area (TPSA) is 83.5 Å². The lowest BCUT2D eigenvalue weighted by Crippen LogP contribution is -2.37. The summed E-state index contributed by atoms with van der Waals surface area (Å²) in [6.07, 6.45) is 1.92. The average Bonchev–Trinajstić information content (AvgIpc) is 2.11. The van der Waals surface area contributed by atoms with Crippen molar-refractivity contribution in [3.8, 4) is 0 Å². The molecule has 0 aliphatic heterocycles. The summed E-state index contributed by atoms with van der Waals surface area (Å²) in [5.41, 5.74) is -0.274. The molecular weight excluding hydrogens is 266 g/mol. The van der Waals surface area contributed by atoms with E-state index >= 15 is 0 Å². The van der Waals surface area contributed by atoms with Gasteiger partial charge < -0.3 is 5.11 Å². The molecule has 0 fully saturated rings. The van der Waals surface area contributed by atoms with Gasteiger partial charge in [0.25, 0.3) is 0 Å². The minimum absolute atomic E-state index is 0.0931. The lowest BCUT2D eigenvalue weighted by Gasteiger charge is -2.21. The zero-order valence-electron chi connectivity index (χ0n) is 12.6. The molecule has 0 aromatic carbocycles. The van der Waals surface area contributed by atoms with Gasteiger partial charge in [0.2, 0.25) is 10.0 Å². The van der Waals surface area contributed by atoms with E-state index in [4.69, 9.17) is 5.11 Å². The molecule has 0 heterocycles. The van der Waals surface area contributed by atoms with E-state index in [1.54, 1.807) is 6.92 Å². The third-order valence-electron chi connectivity index (χ3n) is 2.70. The van der Waals surface area contributed by atoms with Gasteiger partial charge in [-0.1, -0.05) is 34.1 Å². The summed E-state index contributed by atoms with van der Waals surface area (Å²) in [5, 5.41) is 8.75. The van der Waals surface area contributed by atoms with Crippen LogP contribution in [0, 0.1) is 11.3 Å². The van der Waals surface area contributed by atoms with Crippen molar-refractivity contribution in [1.82, 2.24) is 4.72 Å². The maximum absolute atomic E-state index is 11.9. The normalized spacial score (nSPS) is 16.1. The van der Waals surface area contributed by atoms with Crippen molar-refractivity contribution in [1.29, 1.82) is 0 Å². The van der Waals surface area contributed by atoms with Crippen LogP contribution >= 0.6 is 0 Å². The highest BCUT2D eigenvalue weighted by molar-refractivity contribution is 7.89. The standard InChI is InChI=1S/C13H27NO4S/c1-10(12(15)16)7-6-8-11(2)14-19(17,18)9-13(3,4)5/h10-11,14H,6-9H2,1-5H3,(H,15,16). The molecule has 0 saturated heterocycles. The summed E-state index contributed by atoms with van der Waals surface area (Å²) in [4.78, 5) is 10.6. The molecule has 2 N–H and O–H groups in total. The summed E-state index contributed by atoms with van der Waals surface area (Å²) in [7, 11) is -3.27. The SMILES string of the molecule is CC(CCCC(C)C(=O)O)NS(=O)(=O)CC(C)(C)C. The predicted octanol–water partition coefficient (Wildman–Crippen LogP) is 2.23. The van der Waals surface area contributed by atoms with Crippen LogP contribution in [0.4, 0.5) is 0 Å². The molecule has 0 rings (SSSR count). The minimum atomic E-state index is -3.27. The van der Waals surface area contributed by atoms with E-state index in [1.807, 2.05) is 27.7 Å². The zero-order chi connectivity index (χ0) is 15.3. The van der Waals surface area contributed by atoms with Crippen molar-refractivity contribution in [2.45, 2.75) is 59.9 Å². The third-order valence-corrected chi connectivity index (χ3v) is 4.71. The Hall–Kier alpha value is -0.620. The summed E-state index contributed by atoms with van der Waals surface area (Å²) in [6.45, 7) is 9.12. The van der Waals surface area contributed by atoms with E-state index in [-0.39, 0.29) is 23.1 Å². The first-order valence-electron chi connectivity index (χ1n) is 6.66. The van der Waals surface area contributed by atoms with Crippen LogP contribution in [0.1, 0.15) is 53.9 Å². The average molecular weight is 293 g/mol. The maximum atomic E-state index is 11.9. The van der Waals surface area contributed by atoms with Crippen molar-refractivity contribution in [3.63, 3.8) is 0 Å². The van der Waals surface area contributed by atoms with Gasteiger partial charge in [-0.05, 0) is 25.2 Å². The molecule has 114 valence electrons. The molecule has 0 aliphatic carbocycles. The Morgan fingerprint density at radius 1 is 1.21 bits per heavy atom. The summed E-state index contributed by atoms with van der Waals surface area (Å²) in [5.74, 6) is -1.09. The van der Waals surface area contributed by atoms with Gasteiger partial charge in [0, 0.05) is 6.04 Å². The minimum Gasteiger partial charge on any atom is -0.481 e. The highest BCUT2D eigenvalue weighted by Gasteiger charge is 2.23. The van der Waals surface area contributed by atoms with Crippen LogP contribution in [0.3, 0.4) is 0 Å².